The number of rotatable bonds is 5. The van der Waals surface area contributed by atoms with Crippen molar-refractivity contribution in [3.63, 3.8) is 0 Å². The van der Waals surface area contributed by atoms with Gasteiger partial charge in [-0.05, 0) is 41.5 Å². The Kier molecular flexibility index (Phi) is 6.25. The lowest BCUT2D eigenvalue weighted by atomic mass is 10.1. The number of anilines is 1. The summed E-state index contributed by atoms with van der Waals surface area (Å²) in [5.41, 5.74) is 8.54. The smallest absolute Gasteiger partial charge is 0.246 e. The van der Waals surface area contributed by atoms with E-state index in [4.69, 9.17) is 17.3 Å². The zero-order valence-electron chi connectivity index (χ0n) is 16.8. The monoisotopic (exact) mass is 435 g/mol. The second-order valence-corrected chi connectivity index (χ2v) is 7.89. The maximum absolute atomic E-state index is 12.6. The van der Waals surface area contributed by atoms with Crippen LogP contribution in [0.5, 0.6) is 0 Å². The first-order valence-electron chi connectivity index (χ1n) is 9.94. The summed E-state index contributed by atoms with van der Waals surface area (Å²) in [6.07, 6.45) is 5.61. The second-order valence-electron chi connectivity index (χ2n) is 7.46. The van der Waals surface area contributed by atoms with E-state index in [1.165, 1.54) is 12.4 Å². The second kappa shape index (κ2) is 9.24. The van der Waals surface area contributed by atoms with E-state index in [2.05, 4.69) is 14.9 Å². The first-order chi connectivity index (χ1) is 15.0. The Hall–Kier alpha value is -3.29. The molecule has 1 atom stereocenters. The van der Waals surface area contributed by atoms with Crippen LogP contribution in [-0.4, -0.2) is 57.6 Å². The van der Waals surface area contributed by atoms with Crippen molar-refractivity contribution in [1.82, 2.24) is 19.8 Å². The number of carbonyl (C=O) groups excluding carboxylic acids is 2. The summed E-state index contributed by atoms with van der Waals surface area (Å²) in [4.78, 5) is 36.4. The fourth-order valence-corrected chi connectivity index (χ4v) is 3.91. The molecule has 4 rings (SSSR count). The molecule has 0 saturated carbocycles. The third kappa shape index (κ3) is 4.90. The molecule has 2 N–H and O–H groups in total. The first-order valence-corrected chi connectivity index (χ1v) is 10.3. The Morgan fingerprint density at radius 2 is 2.06 bits per heavy atom. The van der Waals surface area contributed by atoms with Crippen LogP contribution in [-0.2, 0) is 16.1 Å². The van der Waals surface area contributed by atoms with Gasteiger partial charge in [0.15, 0.2) is 0 Å². The van der Waals surface area contributed by atoms with Crippen molar-refractivity contribution >= 4 is 46.6 Å². The average molecular weight is 436 g/mol. The molecule has 0 aliphatic carbocycles. The molecular formula is C23H22ClN5O2. The Balaban J connectivity index is 1.41. The van der Waals surface area contributed by atoms with Gasteiger partial charge in [-0.2, -0.15) is 0 Å². The first kappa shape index (κ1) is 21.0. The van der Waals surface area contributed by atoms with E-state index >= 15 is 0 Å². The largest absolute Gasteiger partial charge is 0.383 e. The van der Waals surface area contributed by atoms with Gasteiger partial charge in [0.1, 0.15) is 18.4 Å². The number of aromatic nitrogens is 2. The fraction of sp³-hybridized carbons (Fsp3) is 0.217. The number of hydrogen-bond acceptors (Lipinski definition) is 6. The average Bonchev–Trinajstić information content (AvgIpc) is 2.78. The highest BCUT2D eigenvalue weighted by molar-refractivity contribution is 6.30. The molecule has 2 heterocycles. The van der Waals surface area contributed by atoms with Gasteiger partial charge in [0.05, 0.1) is 11.6 Å². The van der Waals surface area contributed by atoms with E-state index in [1.54, 1.807) is 23.1 Å². The molecule has 0 spiro atoms. The molecule has 3 aromatic rings. The van der Waals surface area contributed by atoms with Gasteiger partial charge in [-0.3, -0.25) is 9.69 Å². The topological polar surface area (TPSA) is 92.4 Å². The van der Waals surface area contributed by atoms with E-state index < -0.39 is 0 Å². The number of benzene rings is 2. The summed E-state index contributed by atoms with van der Waals surface area (Å²) in [5, 5.41) is 1.42. The lowest BCUT2D eigenvalue weighted by molar-refractivity contribution is -0.130. The number of nitrogens with two attached hydrogens (primary N) is 1. The summed E-state index contributed by atoms with van der Waals surface area (Å²) in [6, 6.07) is 12.7. The summed E-state index contributed by atoms with van der Waals surface area (Å²) >= 11 is 5.98. The van der Waals surface area contributed by atoms with Crippen molar-refractivity contribution in [2.45, 2.75) is 12.6 Å². The molecule has 8 heteroatoms. The Morgan fingerprint density at radius 3 is 2.87 bits per heavy atom. The fourth-order valence-electron chi connectivity index (χ4n) is 3.71. The zero-order valence-corrected chi connectivity index (χ0v) is 17.6. The van der Waals surface area contributed by atoms with Gasteiger partial charge in [-0.15, -0.1) is 0 Å². The summed E-state index contributed by atoms with van der Waals surface area (Å²) < 4.78 is 0. The third-order valence-electron chi connectivity index (χ3n) is 5.39. The molecule has 1 saturated heterocycles. The molecule has 2 aromatic carbocycles. The molecule has 1 amide bonds. The highest BCUT2D eigenvalue weighted by atomic mass is 35.5. The Bertz CT molecular complexity index is 1150. The SMILES string of the molecule is Nc1ncnc2cc(CN3CCN(C(=O)/C=C/c4cccc(Cl)c4)CC3C=O)ccc12. The lowest BCUT2D eigenvalue weighted by Crippen LogP contribution is -2.54. The minimum absolute atomic E-state index is 0.121. The normalized spacial score (nSPS) is 17.3. The highest BCUT2D eigenvalue weighted by Gasteiger charge is 2.28. The standard InChI is InChI=1S/C23H22ClN5O2/c24-18-3-1-2-16(10-18)5-7-22(31)29-9-8-28(19(13-29)14-30)12-17-4-6-20-21(11-17)26-15-27-23(20)25/h1-7,10-11,14-15,19H,8-9,12-13H2,(H2,25,26,27)/b7-5+. The van der Waals surface area contributed by atoms with Crippen molar-refractivity contribution in [1.29, 1.82) is 0 Å². The molecule has 7 nitrogen and oxygen atoms in total. The quantitative estimate of drug-likeness (QED) is 0.489. The van der Waals surface area contributed by atoms with Crippen molar-refractivity contribution in [3.05, 3.63) is 71.0 Å². The minimum Gasteiger partial charge on any atom is -0.383 e. The van der Waals surface area contributed by atoms with E-state index in [0.29, 0.717) is 37.0 Å². The van der Waals surface area contributed by atoms with Crippen LogP contribution in [0.2, 0.25) is 5.02 Å². The predicted octanol–water partition coefficient (Wildman–Crippen LogP) is 2.79. The van der Waals surface area contributed by atoms with E-state index in [-0.39, 0.29) is 11.9 Å². The maximum atomic E-state index is 12.6. The maximum Gasteiger partial charge on any atom is 0.246 e. The van der Waals surface area contributed by atoms with Gasteiger partial charge in [-0.25, -0.2) is 9.97 Å². The molecular weight excluding hydrogens is 414 g/mol. The van der Waals surface area contributed by atoms with Crippen LogP contribution < -0.4 is 5.73 Å². The Labute approximate surface area is 185 Å². The molecule has 0 radical (unpaired) electrons. The van der Waals surface area contributed by atoms with Gasteiger partial charge < -0.3 is 15.4 Å². The number of nitrogen functional groups attached to an aromatic ring is 1. The molecule has 1 aliphatic rings. The molecule has 0 bridgehead atoms. The molecule has 31 heavy (non-hydrogen) atoms. The van der Waals surface area contributed by atoms with Crippen LogP contribution >= 0.6 is 11.6 Å². The predicted molar refractivity (Wildman–Crippen MR) is 121 cm³/mol. The van der Waals surface area contributed by atoms with E-state index in [9.17, 15) is 9.59 Å². The Morgan fingerprint density at radius 1 is 1.19 bits per heavy atom. The highest BCUT2D eigenvalue weighted by Crippen LogP contribution is 2.20. The number of amides is 1. The van der Waals surface area contributed by atoms with Crippen LogP contribution in [0.25, 0.3) is 17.0 Å². The molecule has 158 valence electrons. The van der Waals surface area contributed by atoms with Crippen molar-refractivity contribution in [2.75, 3.05) is 25.4 Å². The third-order valence-corrected chi connectivity index (χ3v) is 5.62. The van der Waals surface area contributed by atoms with E-state index in [0.717, 1.165) is 28.3 Å². The lowest BCUT2D eigenvalue weighted by Gasteiger charge is -2.38. The summed E-state index contributed by atoms with van der Waals surface area (Å²) in [6.45, 7) is 2.09. The van der Waals surface area contributed by atoms with Gasteiger partial charge in [0, 0.05) is 42.7 Å². The molecule has 1 unspecified atom stereocenters. The number of carbonyl (C=O) groups is 2. The van der Waals surface area contributed by atoms with Crippen LogP contribution in [0.4, 0.5) is 5.82 Å². The van der Waals surface area contributed by atoms with Crippen molar-refractivity contribution in [3.8, 4) is 0 Å². The molecule has 1 aromatic heterocycles. The van der Waals surface area contributed by atoms with Crippen LogP contribution in [0.1, 0.15) is 11.1 Å². The molecule has 1 fully saturated rings. The number of nitrogens with zero attached hydrogens (tertiary/aromatic N) is 4. The van der Waals surface area contributed by atoms with Crippen LogP contribution in [0, 0.1) is 0 Å². The number of aldehydes is 1. The number of hydrogen-bond donors (Lipinski definition) is 1. The van der Waals surface area contributed by atoms with Crippen molar-refractivity contribution < 1.29 is 9.59 Å². The summed E-state index contributed by atoms with van der Waals surface area (Å²) in [5.74, 6) is 0.324. The van der Waals surface area contributed by atoms with Gasteiger partial charge in [-0.1, -0.05) is 29.8 Å². The summed E-state index contributed by atoms with van der Waals surface area (Å²) in [7, 11) is 0. The number of halogens is 1. The molecule has 1 aliphatic heterocycles. The zero-order chi connectivity index (χ0) is 21.8. The van der Waals surface area contributed by atoms with Gasteiger partial charge >= 0.3 is 0 Å². The van der Waals surface area contributed by atoms with Gasteiger partial charge in [0.25, 0.3) is 0 Å². The van der Waals surface area contributed by atoms with Crippen LogP contribution in [0.3, 0.4) is 0 Å². The van der Waals surface area contributed by atoms with Gasteiger partial charge in [0.2, 0.25) is 5.91 Å². The number of piperazine rings is 1. The van der Waals surface area contributed by atoms with Crippen LogP contribution in [0.15, 0.2) is 54.9 Å². The number of fused-ring (bicyclic) bond motifs is 1. The van der Waals surface area contributed by atoms with Crippen molar-refractivity contribution in [2.24, 2.45) is 0 Å². The minimum atomic E-state index is -0.372. The van der Waals surface area contributed by atoms with E-state index in [1.807, 2.05) is 30.3 Å².